The van der Waals surface area contributed by atoms with Crippen molar-refractivity contribution < 1.29 is 4.79 Å². The quantitative estimate of drug-likeness (QED) is 0.900. The maximum absolute atomic E-state index is 12.0. The number of carbonyl (C=O) groups is 1. The minimum Gasteiger partial charge on any atom is -0.344 e. The van der Waals surface area contributed by atoms with Crippen molar-refractivity contribution in [1.82, 2.24) is 14.9 Å². The molecule has 4 nitrogen and oxygen atoms in total. The van der Waals surface area contributed by atoms with E-state index in [0.29, 0.717) is 4.88 Å². The number of aromatic nitrogens is 2. The molecule has 0 saturated carbocycles. The van der Waals surface area contributed by atoms with Crippen molar-refractivity contribution in [3.63, 3.8) is 0 Å². The molecule has 1 atom stereocenters. The Bertz CT molecular complexity index is 553. The van der Waals surface area contributed by atoms with Crippen LogP contribution < -0.4 is 5.32 Å². The molecule has 0 bridgehead atoms. The zero-order chi connectivity index (χ0) is 12.4. The van der Waals surface area contributed by atoms with Gasteiger partial charge in [-0.05, 0) is 41.9 Å². The second-order valence-corrected chi connectivity index (χ2v) is 5.18. The van der Waals surface area contributed by atoms with E-state index in [-0.39, 0.29) is 11.9 Å². The Hall–Kier alpha value is -1.75. The van der Waals surface area contributed by atoms with E-state index in [4.69, 9.17) is 0 Å². The van der Waals surface area contributed by atoms with Crippen molar-refractivity contribution in [3.05, 3.63) is 46.5 Å². The molecule has 1 aromatic heterocycles. The number of amides is 1. The Kier molecular flexibility index (Phi) is 3.06. The minimum absolute atomic E-state index is 0.0771. The van der Waals surface area contributed by atoms with Crippen molar-refractivity contribution in [2.45, 2.75) is 25.3 Å². The largest absolute Gasteiger partial charge is 0.344 e. The van der Waals surface area contributed by atoms with Gasteiger partial charge in [0.05, 0.1) is 12.2 Å². The molecule has 0 fully saturated rings. The molecule has 18 heavy (non-hydrogen) atoms. The first-order chi connectivity index (χ1) is 8.84. The molecule has 2 aromatic rings. The van der Waals surface area contributed by atoms with Crippen LogP contribution in [0.25, 0.3) is 0 Å². The van der Waals surface area contributed by atoms with E-state index in [1.165, 1.54) is 17.3 Å². The monoisotopic (exact) mass is 259 g/mol. The highest BCUT2D eigenvalue weighted by molar-refractivity contribution is 7.07. The molecule has 0 radical (unpaired) electrons. The molecule has 1 amide bonds. The van der Waals surface area contributed by atoms with E-state index >= 15 is 0 Å². The van der Waals surface area contributed by atoms with Gasteiger partial charge in [0.1, 0.15) is 4.88 Å². The van der Waals surface area contributed by atoms with Gasteiger partial charge in [0.2, 0.25) is 0 Å². The Morgan fingerprint density at radius 2 is 2.28 bits per heavy atom. The summed E-state index contributed by atoms with van der Waals surface area (Å²) in [5, 5.41) is 6.76. The lowest BCUT2D eigenvalue weighted by Crippen LogP contribution is -2.30. The summed E-state index contributed by atoms with van der Waals surface area (Å²) in [6, 6.07) is 8.43. The van der Waals surface area contributed by atoms with Gasteiger partial charge in [-0.25, -0.2) is 0 Å². The van der Waals surface area contributed by atoms with Crippen LogP contribution in [0.4, 0.5) is 0 Å². The van der Waals surface area contributed by atoms with Gasteiger partial charge < -0.3 is 5.32 Å². The molecular formula is C13H13N3OS. The normalized spacial score (nSPS) is 18.1. The van der Waals surface area contributed by atoms with Gasteiger partial charge in [0.15, 0.2) is 0 Å². The molecule has 1 unspecified atom stereocenters. The van der Waals surface area contributed by atoms with Crippen molar-refractivity contribution in [2.24, 2.45) is 0 Å². The molecule has 92 valence electrons. The molecule has 0 spiro atoms. The summed E-state index contributed by atoms with van der Waals surface area (Å²) in [7, 11) is 0. The second-order valence-electron chi connectivity index (χ2n) is 4.40. The molecule has 1 heterocycles. The highest BCUT2D eigenvalue weighted by Crippen LogP contribution is 2.29. The van der Waals surface area contributed by atoms with E-state index in [0.717, 1.165) is 30.8 Å². The van der Waals surface area contributed by atoms with Crippen LogP contribution >= 0.6 is 11.5 Å². The number of fused-ring (bicyclic) bond motifs is 1. The fraction of sp³-hybridized carbons (Fsp3) is 0.308. The zero-order valence-corrected chi connectivity index (χ0v) is 10.6. The van der Waals surface area contributed by atoms with Crippen LogP contribution in [0.1, 0.15) is 39.7 Å². The Morgan fingerprint density at radius 1 is 1.39 bits per heavy atom. The fourth-order valence-electron chi connectivity index (χ4n) is 2.40. The first kappa shape index (κ1) is 11.3. The van der Waals surface area contributed by atoms with Crippen molar-refractivity contribution in [1.29, 1.82) is 0 Å². The third kappa shape index (κ3) is 2.13. The lowest BCUT2D eigenvalue weighted by molar-refractivity contribution is 0.0936. The number of nitrogens with zero attached hydrogens (tertiary/aromatic N) is 2. The molecule has 0 saturated heterocycles. The summed E-state index contributed by atoms with van der Waals surface area (Å²) < 4.78 is 3.71. The van der Waals surface area contributed by atoms with Gasteiger partial charge >= 0.3 is 0 Å². The van der Waals surface area contributed by atoms with Crippen LogP contribution in [0.5, 0.6) is 0 Å². The first-order valence-electron chi connectivity index (χ1n) is 6.00. The lowest BCUT2D eigenvalue weighted by atomic mass is 9.88. The van der Waals surface area contributed by atoms with Crippen molar-refractivity contribution >= 4 is 17.4 Å². The Labute approximate surface area is 109 Å². The summed E-state index contributed by atoms with van der Waals surface area (Å²) in [4.78, 5) is 12.6. The molecule has 0 aliphatic heterocycles. The third-order valence-corrected chi connectivity index (χ3v) is 3.92. The minimum atomic E-state index is -0.0771. The van der Waals surface area contributed by atoms with Crippen molar-refractivity contribution in [3.8, 4) is 0 Å². The summed E-state index contributed by atoms with van der Waals surface area (Å²) >= 11 is 1.13. The van der Waals surface area contributed by atoms with Crippen LogP contribution in [0, 0.1) is 0 Å². The molecule has 1 aromatic carbocycles. The standard InChI is InChI=1S/C13H13N3OS/c17-13(12-8-14-16-18-12)15-11-7-3-5-9-4-1-2-6-10(9)11/h1-2,4,6,8,11H,3,5,7H2,(H,15,17). The maximum atomic E-state index is 12.0. The molecule has 1 aliphatic carbocycles. The SMILES string of the molecule is O=C(NC1CCCc2ccccc21)c1cnns1. The summed E-state index contributed by atoms with van der Waals surface area (Å²) in [5.74, 6) is -0.0771. The van der Waals surface area contributed by atoms with Crippen LogP contribution in [-0.2, 0) is 6.42 Å². The van der Waals surface area contributed by atoms with E-state index in [2.05, 4.69) is 33.1 Å². The second kappa shape index (κ2) is 4.86. The van der Waals surface area contributed by atoms with Gasteiger partial charge in [0.25, 0.3) is 5.91 Å². The van der Waals surface area contributed by atoms with E-state index in [1.54, 1.807) is 0 Å². The fourth-order valence-corrected chi connectivity index (χ4v) is 2.82. The predicted molar refractivity (Wildman–Crippen MR) is 69.5 cm³/mol. The Balaban J connectivity index is 1.80. The Morgan fingerprint density at radius 3 is 3.11 bits per heavy atom. The number of nitrogens with one attached hydrogen (secondary N) is 1. The third-order valence-electron chi connectivity index (χ3n) is 3.26. The zero-order valence-electron chi connectivity index (χ0n) is 9.80. The lowest BCUT2D eigenvalue weighted by Gasteiger charge is -2.26. The van der Waals surface area contributed by atoms with Gasteiger partial charge in [-0.1, -0.05) is 28.8 Å². The first-order valence-corrected chi connectivity index (χ1v) is 6.78. The van der Waals surface area contributed by atoms with E-state index in [9.17, 15) is 4.79 Å². The molecule has 1 aliphatic rings. The van der Waals surface area contributed by atoms with Gasteiger partial charge in [-0.2, -0.15) is 0 Å². The van der Waals surface area contributed by atoms with Gasteiger partial charge in [-0.15, -0.1) is 5.10 Å². The average molecular weight is 259 g/mol. The van der Waals surface area contributed by atoms with Crippen LogP contribution in [-0.4, -0.2) is 15.5 Å². The maximum Gasteiger partial charge on any atom is 0.265 e. The van der Waals surface area contributed by atoms with Crippen molar-refractivity contribution in [2.75, 3.05) is 0 Å². The highest BCUT2D eigenvalue weighted by Gasteiger charge is 2.22. The number of carbonyl (C=O) groups excluding carboxylic acids is 1. The van der Waals surface area contributed by atoms with E-state index < -0.39 is 0 Å². The van der Waals surface area contributed by atoms with E-state index in [1.807, 2.05) is 6.07 Å². The van der Waals surface area contributed by atoms with Crippen LogP contribution in [0.3, 0.4) is 0 Å². The molecule has 5 heteroatoms. The predicted octanol–water partition coefficient (Wildman–Crippen LogP) is 2.35. The number of rotatable bonds is 2. The smallest absolute Gasteiger partial charge is 0.265 e. The summed E-state index contributed by atoms with van der Waals surface area (Å²) in [6.07, 6.45) is 4.72. The average Bonchev–Trinajstić information content (AvgIpc) is 2.93. The molecule has 3 rings (SSSR count). The number of benzene rings is 1. The molecular weight excluding hydrogens is 246 g/mol. The summed E-state index contributed by atoms with van der Waals surface area (Å²) in [6.45, 7) is 0. The van der Waals surface area contributed by atoms with Crippen LogP contribution in [0.2, 0.25) is 0 Å². The van der Waals surface area contributed by atoms with Crippen LogP contribution in [0.15, 0.2) is 30.5 Å². The number of aryl methyl sites for hydroxylation is 1. The highest BCUT2D eigenvalue weighted by atomic mass is 32.1. The topological polar surface area (TPSA) is 54.9 Å². The van der Waals surface area contributed by atoms with Gasteiger partial charge in [-0.3, -0.25) is 4.79 Å². The molecule has 1 N–H and O–H groups in total. The number of hydrogen-bond donors (Lipinski definition) is 1. The number of hydrogen-bond acceptors (Lipinski definition) is 4. The van der Waals surface area contributed by atoms with Gasteiger partial charge in [0, 0.05) is 0 Å². The summed E-state index contributed by atoms with van der Waals surface area (Å²) in [5.41, 5.74) is 2.59.